The van der Waals surface area contributed by atoms with E-state index in [4.69, 9.17) is 9.84 Å². The summed E-state index contributed by atoms with van der Waals surface area (Å²) in [5, 5.41) is 7.75. The first-order valence-electron chi connectivity index (χ1n) is 8.80. The molecule has 3 rings (SSSR count). The maximum Gasteiger partial charge on any atom is 0.317 e. The molecular formula is C17H28N4O2. The number of carbonyl (C=O) groups excluding carboxylic acids is 1. The van der Waals surface area contributed by atoms with E-state index >= 15 is 0 Å². The molecule has 23 heavy (non-hydrogen) atoms. The summed E-state index contributed by atoms with van der Waals surface area (Å²) in [4.78, 5) is 13.9. The average molecular weight is 320 g/mol. The topological polar surface area (TPSA) is 59.4 Å². The zero-order valence-corrected chi connectivity index (χ0v) is 14.5. The number of nitrogens with one attached hydrogen (secondary N) is 1. The lowest BCUT2D eigenvalue weighted by molar-refractivity contribution is 0.0650. The van der Waals surface area contributed by atoms with Crippen LogP contribution >= 0.6 is 0 Å². The van der Waals surface area contributed by atoms with Crippen LogP contribution < -0.4 is 5.32 Å². The normalized spacial score (nSPS) is 20.2. The second kappa shape index (κ2) is 6.91. The van der Waals surface area contributed by atoms with E-state index in [1.165, 1.54) is 17.0 Å². The summed E-state index contributed by atoms with van der Waals surface area (Å²) in [6.45, 7) is 7.52. The van der Waals surface area contributed by atoms with Crippen molar-refractivity contribution in [2.75, 3.05) is 26.8 Å². The Kier molecular flexibility index (Phi) is 4.90. The molecule has 1 N–H and O–H groups in total. The minimum absolute atomic E-state index is 0.00423. The zero-order valence-electron chi connectivity index (χ0n) is 14.5. The molecule has 1 fully saturated rings. The highest BCUT2D eigenvalue weighted by Crippen LogP contribution is 2.33. The Hall–Kier alpha value is -1.56. The van der Waals surface area contributed by atoms with Crippen LogP contribution in [0, 0.1) is 0 Å². The lowest BCUT2D eigenvalue weighted by Gasteiger charge is -2.30. The summed E-state index contributed by atoms with van der Waals surface area (Å²) in [6, 6.07) is 0.450. The molecule has 1 aromatic heterocycles. The summed E-state index contributed by atoms with van der Waals surface area (Å²) in [5.41, 5.74) is 3.80. The molecule has 2 aliphatic rings. The van der Waals surface area contributed by atoms with Crippen LogP contribution in [0.1, 0.15) is 62.0 Å². The Morgan fingerprint density at radius 1 is 1.43 bits per heavy atom. The van der Waals surface area contributed by atoms with E-state index in [9.17, 15) is 4.79 Å². The molecule has 1 aromatic rings. The van der Waals surface area contributed by atoms with E-state index in [-0.39, 0.29) is 6.03 Å². The number of hydrogen-bond acceptors (Lipinski definition) is 3. The largest absolute Gasteiger partial charge is 0.381 e. The maximum absolute atomic E-state index is 12.0. The van der Waals surface area contributed by atoms with Crippen LogP contribution in [0.5, 0.6) is 0 Å². The first-order valence-corrected chi connectivity index (χ1v) is 8.80. The fraction of sp³-hybridized carbons (Fsp3) is 0.765. The van der Waals surface area contributed by atoms with E-state index in [1.807, 2.05) is 4.90 Å². The third kappa shape index (κ3) is 3.09. The van der Waals surface area contributed by atoms with Gasteiger partial charge in [0, 0.05) is 50.4 Å². The minimum Gasteiger partial charge on any atom is -0.381 e. The molecule has 0 bridgehead atoms. The number of urea groups is 1. The summed E-state index contributed by atoms with van der Waals surface area (Å²) < 4.78 is 7.77. The first kappa shape index (κ1) is 16.3. The SMILES string of the molecule is CCC(C)c1nn(C2CCOCC2)c2c1CN(C(=O)NC)CC2. The summed E-state index contributed by atoms with van der Waals surface area (Å²) >= 11 is 0. The lowest BCUT2D eigenvalue weighted by Crippen LogP contribution is -2.41. The smallest absolute Gasteiger partial charge is 0.317 e. The van der Waals surface area contributed by atoms with Crippen molar-refractivity contribution in [2.45, 2.75) is 58.0 Å². The van der Waals surface area contributed by atoms with Gasteiger partial charge in [0.15, 0.2) is 0 Å². The van der Waals surface area contributed by atoms with Crippen molar-refractivity contribution in [3.8, 4) is 0 Å². The number of ether oxygens (including phenoxy) is 1. The van der Waals surface area contributed by atoms with E-state index < -0.39 is 0 Å². The van der Waals surface area contributed by atoms with Gasteiger partial charge in [0.2, 0.25) is 0 Å². The molecule has 0 saturated carbocycles. The highest BCUT2D eigenvalue weighted by Gasteiger charge is 2.31. The van der Waals surface area contributed by atoms with E-state index in [1.54, 1.807) is 7.05 Å². The molecule has 3 heterocycles. The number of aromatic nitrogens is 2. The van der Waals surface area contributed by atoms with Gasteiger partial charge in [-0.05, 0) is 19.3 Å². The van der Waals surface area contributed by atoms with Crippen molar-refractivity contribution in [3.05, 3.63) is 17.0 Å². The van der Waals surface area contributed by atoms with Crippen LogP contribution in [0.3, 0.4) is 0 Å². The van der Waals surface area contributed by atoms with Crippen LogP contribution in [0.25, 0.3) is 0 Å². The highest BCUT2D eigenvalue weighted by atomic mass is 16.5. The number of carbonyl (C=O) groups is 1. The predicted octanol–water partition coefficient (Wildman–Crippen LogP) is 2.45. The zero-order chi connectivity index (χ0) is 16.4. The molecule has 2 amide bonds. The van der Waals surface area contributed by atoms with Gasteiger partial charge in [0.1, 0.15) is 0 Å². The van der Waals surface area contributed by atoms with Crippen molar-refractivity contribution in [3.63, 3.8) is 0 Å². The van der Waals surface area contributed by atoms with Crippen LogP contribution in [-0.4, -0.2) is 47.5 Å². The molecule has 6 nitrogen and oxygen atoms in total. The lowest BCUT2D eigenvalue weighted by atomic mass is 9.96. The quantitative estimate of drug-likeness (QED) is 0.930. The van der Waals surface area contributed by atoms with Gasteiger partial charge in [0.25, 0.3) is 0 Å². The Morgan fingerprint density at radius 3 is 2.83 bits per heavy atom. The molecule has 1 atom stereocenters. The van der Waals surface area contributed by atoms with Gasteiger partial charge in [0.05, 0.1) is 18.3 Å². The maximum atomic E-state index is 12.0. The van der Waals surface area contributed by atoms with Gasteiger partial charge in [-0.3, -0.25) is 4.68 Å². The van der Waals surface area contributed by atoms with Crippen molar-refractivity contribution in [2.24, 2.45) is 0 Å². The molecular weight excluding hydrogens is 292 g/mol. The molecule has 0 radical (unpaired) electrons. The Bertz CT molecular complexity index is 563. The fourth-order valence-corrected chi connectivity index (χ4v) is 3.62. The van der Waals surface area contributed by atoms with Crippen molar-refractivity contribution < 1.29 is 9.53 Å². The third-order valence-electron chi connectivity index (χ3n) is 5.23. The van der Waals surface area contributed by atoms with Gasteiger partial charge in [-0.2, -0.15) is 5.10 Å². The average Bonchev–Trinajstić information content (AvgIpc) is 3.00. The van der Waals surface area contributed by atoms with Crippen LogP contribution in [-0.2, 0) is 17.7 Å². The molecule has 1 saturated heterocycles. The van der Waals surface area contributed by atoms with Crippen LogP contribution in [0.2, 0.25) is 0 Å². The molecule has 0 spiro atoms. The number of fused-ring (bicyclic) bond motifs is 1. The molecule has 128 valence electrons. The van der Waals surface area contributed by atoms with Gasteiger partial charge < -0.3 is 15.0 Å². The first-order chi connectivity index (χ1) is 11.2. The second-order valence-corrected chi connectivity index (χ2v) is 6.63. The number of rotatable bonds is 3. The van der Waals surface area contributed by atoms with Crippen LogP contribution in [0.15, 0.2) is 0 Å². The Labute approximate surface area is 138 Å². The molecule has 0 aliphatic carbocycles. The van der Waals surface area contributed by atoms with E-state index in [2.05, 4.69) is 23.8 Å². The molecule has 1 unspecified atom stereocenters. The third-order valence-corrected chi connectivity index (χ3v) is 5.23. The standard InChI is InChI=1S/C17H28N4O2/c1-4-12(2)16-14-11-20(17(22)18-3)8-5-15(14)21(19-16)13-6-9-23-10-7-13/h12-13H,4-11H2,1-3H3,(H,18,22). The van der Waals surface area contributed by atoms with Crippen molar-refractivity contribution in [1.29, 1.82) is 0 Å². The van der Waals surface area contributed by atoms with Gasteiger partial charge in [-0.15, -0.1) is 0 Å². The fourth-order valence-electron chi connectivity index (χ4n) is 3.62. The predicted molar refractivity (Wildman–Crippen MR) is 88.6 cm³/mol. The highest BCUT2D eigenvalue weighted by molar-refractivity contribution is 5.74. The summed E-state index contributed by atoms with van der Waals surface area (Å²) in [6.07, 6.45) is 4.03. The molecule has 6 heteroatoms. The van der Waals surface area contributed by atoms with E-state index in [0.29, 0.717) is 18.5 Å². The van der Waals surface area contributed by atoms with Crippen LogP contribution in [0.4, 0.5) is 4.79 Å². The Morgan fingerprint density at radius 2 is 2.17 bits per heavy atom. The van der Waals surface area contributed by atoms with Gasteiger partial charge >= 0.3 is 6.03 Å². The number of amides is 2. The van der Waals surface area contributed by atoms with Gasteiger partial charge in [-0.25, -0.2) is 4.79 Å². The molecule has 2 aliphatic heterocycles. The Balaban J connectivity index is 1.94. The molecule has 0 aromatic carbocycles. The van der Waals surface area contributed by atoms with E-state index in [0.717, 1.165) is 45.4 Å². The number of hydrogen-bond donors (Lipinski definition) is 1. The minimum atomic E-state index is 0.00423. The second-order valence-electron chi connectivity index (χ2n) is 6.63. The summed E-state index contributed by atoms with van der Waals surface area (Å²) in [7, 11) is 1.69. The number of nitrogens with zero attached hydrogens (tertiary/aromatic N) is 3. The van der Waals surface area contributed by atoms with Gasteiger partial charge in [-0.1, -0.05) is 13.8 Å². The van der Waals surface area contributed by atoms with Crippen molar-refractivity contribution >= 4 is 6.03 Å². The monoisotopic (exact) mass is 320 g/mol. The summed E-state index contributed by atoms with van der Waals surface area (Å²) in [5.74, 6) is 0.425. The van der Waals surface area contributed by atoms with Crippen molar-refractivity contribution in [1.82, 2.24) is 20.0 Å².